The van der Waals surface area contributed by atoms with Gasteiger partial charge in [0.15, 0.2) is 0 Å². The molecule has 0 bridgehead atoms. The van der Waals surface area contributed by atoms with Gasteiger partial charge in [-0.2, -0.15) is 0 Å². The normalized spacial score (nSPS) is 19.3. The average Bonchev–Trinajstić information content (AvgIpc) is 2.97. The molecule has 1 aliphatic heterocycles. The minimum atomic E-state index is -0.814. The summed E-state index contributed by atoms with van der Waals surface area (Å²) in [5.74, 6) is -0.562. The van der Waals surface area contributed by atoms with Crippen molar-refractivity contribution in [1.82, 2.24) is 4.90 Å². The molecule has 1 N–H and O–H groups in total. The molecule has 1 aromatic carbocycles. The molecule has 114 valence electrons. The van der Waals surface area contributed by atoms with Crippen LogP contribution < -0.4 is 4.74 Å². The van der Waals surface area contributed by atoms with Gasteiger partial charge in [0, 0.05) is 19.0 Å². The van der Waals surface area contributed by atoms with Crippen molar-refractivity contribution < 1.29 is 19.4 Å². The van der Waals surface area contributed by atoms with Crippen molar-refractivity contribution in [3.05, 3.63) is 30.3 Å². The van der Waals surface area contributed by atoms with Gasteiger partial charge in [0.25, 0.3) is 0 Å². The number of amides is 1. The number of carboxylic acid groups (broad SMARTS) is 1. The van der Waals surface area contributed by atoms with E-state index in [0.29, 0.717) is 32.5 Å². The van der Waals surface area contributed by atoms with Gasteiger partial charge in [-0.1, -0.05) is 25.1 Å². The van der Waals surface area contributed by atoms with Gasteiger partial charge in [0.05, 0.1) is 12.5 Å². The lowest BCUT2D eigenvalue weighted by Gasteiger charge is -2.20. The van der Waals surface area contributed by atoms with Crippen molar-refractivity contribution in [2.45, 2.75) is 19.8 Å². The van der Waals surface area contributed by atoms with Gasteiger partial charge >= 0.3 is 5.97 Å². The standard InChI is InChI=1S/C16H21NO4/c1-12(8-10-21-14-5-3-2-4-6-14)15(18)17-9-7-13(11-17)16(19)20/h2-6,12-13H,7-11H2,1H3,(H,19,20)/t12-,13+/m1/s1. The molecule has 2 rings (SSSR count). The van der Waals surface area contributed by atoms with E-state index in [1.807, 2.05) is 37.3 Å². The highest BCUT2D eigenvalue weighted by Gasteiger charge is 2.32. The first kappa shape index (κ1) is 15.4. The van der Waals surface area contributed by atoms with Crippen molar-refractivity contribution >= 4 is 11.9 Å². The number of carboxylic acids is 1. The number of rotatable bonds is 6. The molecule has 1 amide bonds. The van der Waals surface area contributed by atoms with Gasteiger partial charge in [-0.25, -0.2) is 0 Å². The van der Waals surface area contributed by atoms with Gasteiger partial charge in [0.1, 0.15) is 5.75 Å². The minimum Gasteiger partial charge on any atom is -0.494 e. The van der Waals surface area contributed by atoms with E-state index in [1.165, 1.54) is 0 Å². The van der Waals surface area contributed by atoms with E-state index in [0.717, 1.165) is 5.75 Å². The molecule has 21 heavy (non-hydrogen) atoms. The van der Waals surface area contributed by atoms with Crippen LogP contribution in [0.25, 0.3) is 0 Å². The van der Waals surface area contributed by atoms with Crippen LogP contribution in [-0.2, 0) is 9.59 Å². The summed E-state index contributed by atoms with van der Waals surface area (Å²) in [6.07, 6.45) is 1.18. The predicted molar refractivity (Wildman–Crippen MR) is 78.0 cm³/mol. The molecule has 0 aromatic heterocycles. The molecule has 0 spiro atoms. The van der Waals surface area contributed by atoms with Crippen LogP contribution in [0.2, 0.25) is 0 Å². The van der Waals surface area contributed by atoms with Crippen LogP contribution in [0.5, 0.6) is 5.75 Å². The fraction of sp³-hybridized carbons (Fsp3) is 0.500. The number of carbonyl (C=O) groups excluding carboxylic acids is 1. The molecule has 0 saturated carbocycles. The second kappa shape index (κ2) is 7.11. The van der Waals surface area contributed by atoms with Crippen molar-refractivity contribution in [3.8, 4) is 5.75 Å². The second-order valence-corrected chi connectivity index (χ2v) is 5.46. The van der Waals surface area contributed by atoms with E-state index < -0.39 is 11.9 Å². The van der Waals surface area contributed by atoms with E-state index in [9.17, 15) is 9.59 Å². The summed E-state index contributed by atoms with van der Waals surface area (Å²) < 4.78 is 5.58. The Kier molecular flexibility index (Phi) is 5.20. The van der Waals surface area contributed by atoms with Gasteiger partial charge in [-0.15, -0.1) is 0 Å². The summed E-state index contributed by atoms with van der Waals surface area (Å²) in [6, 6.07) is 9.49. The minimum absolute atomic E-state index is 0.0235. The zero-order valence-electron chi connectivity index (χ0n) is 12.2. The molecule has 1 fully saturated rings. The van der Waals surface area contributed by atoms with Crippen LogP contribution in [-0.4, -0.2) is 41.6 Å². The van der Waals surface area contributed by atoms with Crippen molar-refractivity contribution in [1.29, 1.82) is 0 Å². The van der Waals surface area contributed by atoms with Crippen molar-refractivity contribution in [2.24, 2.45) is 11.8 Å². The molecule has 1 saturated heterocycles. The summed E-state index contributed by atoms with van der Waals surface area (Å²) in [6.45, 7) is 3.22. The molecular formula is C16H21NO4. The van der Waals surface area contributed by atoms with E-state index in [1.54, 1.807) is 4.90 Å². The number of likely N-dealkylation sites (tertiary alicyclic amines) is 1. The lowest BCUT2D eigenvalue weighted by Crippen LogP contribution is -2.34. The Labute approximate surface area is 124 Å². The third-order valence-corrected chi connectivity index (χ3v) is 3.83. The molecule has 1 aliphatic rings. The topological polar surface area (TPSA) is 66.8 Å². The van der Waals surface area contributed by atoms with Gasteiger partial charge < -0.3 is 14.7 Å². The number of hydrogen-bond donors (Lipinski definition) is 1. The highest BCUT2D eigenvalue weighted by atomic mass is 16.5. The van der Waals surface area contributed by atoms with Crippen LogP contribution in [0.15, 0.2) is 30.3 Å². The van der Waals surface area contributed by atoms with E-state index in [-0.39, 0.29) is 11.8 Å². The summed E-state index contributed by atoms with van der Waals surface area (Å²) in [5, 5.41) is 8.96. The zero-order valence-corrected chi connectivity index (χ0v) is 12.2. The van der Waals surface area contributed by atoms with Gasteiger partial charge in [-0.3, -0.25) is 9.59 Å². The summed E-state index contributed by atoms with van der Waals surface area (Å²) in [7, 11) is 0. The van der Waals surface area contributed by atoms with E-state index >= 15 is 0 Å². The van der Waals surface area contributed by atoms with Gasteiger partial charge in [-0.05, 0) is 25.0 Å². The smallest absolute Gasteiger partial charge is 0.308 e. The lowest BCUT2D eigenvalue weighted by molar-refractivity contribution is -0.141. The quantitative estimate of drug-likeness (QED) is 0.871. The molecular weight excluding hydrogens is 270 g/mol. The molecule has 5 heteroatoms. The number of carbonyl (C=O) groups is 2. The van der Waals surface area contributed by atoms with Crippen LogP contribution in [0.4, 0.5) is 0 Å². The van der Waals surface area contributed by atoms with Crippen LogP contribution >= 0.6 is 0 Å². The lowest BCUT2D eigenvalue weighted by atomic mass is 10.1. The Morgan fingerprint density at radius 2 is 2.10 bits per heavy atom. The van der Waals surface area contributed by atoms with Crippen LogP contribution in [0.3, 0.4) is 0 Å². The zero-order chi connectivity index (χ0) is 15.2. The molecule has 0 radical (unpaired) electrons. The summed E-state index contributed by atoms with van der Waals surface area (Å²) >= 11 is 0. The van der Waals surface area contributed by atoms with Crippen LogP contribution in [0, 0.1) is 11.8 Å². The maximum Gasteiger partial charge on any atom is 0.308 e. The Balaban J connectivity index is 1.74. The predicted octanol–water partition coefficient (Wildman–Crippen LogP) is 2.02. The number of hydrogen-bond acceptors (Lipinski definition) is 3. The summed E-state index contributed by atoms with van der Waals surface area (Å²) in [5.41, 5.74) is 0. The highest BCUT2D eigenvalue weighted by Crippen LogP contribution is 2.20. The monoisotopic (exact) mass is 291 g/mol. The van der Waals surface area contributed by atoms with E-state index in [2.05, 4.69) is 0 Å². The molecule has 2 atom stereocenters. The number of nitrogens with zero attached hydrogens (tertiary/aromatic N) is 1. The Morgan fingerprint density at radius 3 is 2.71 bits per heavy atom. The maximum absolute atomic E-state index is 12.2. The van der Waals surface area contributed by atoms with E-state index in [4.69, 9.17) is 9.84 Å². The Morgan fingerprint density at radius 1 is 1.38 bits per heavy atom. The molecule has 5 nitrogen and oxygen atoms in total. The Bertz CT molecular complexity index is 488. The van der Waals surface area contributed by atoms with Crippen LogP contribution in [0.1, 0.15) is 19.8 Å². The fourth-order valence-electron chi connectivity index (χ4n) is 2.47. The van der Waals surface area contributed by atoms with Crippen molar-refractivity contribution in [2.75, 3.05) is 19.7 Å². The third kappa shape index (κ3) is 4.21. The largest absolute Gasteiger partial charge is 0.494 e. The van der Waals surface area contributed by atoms with Crippen molar-refractivity contribution in [3.63, 3.8) is 0 Å². The number of para-hydroxylation sites is 1. The molecule has 1 aromatic rings. The fourth-order valence-corrected chi connectivity index (χ4v) is 2.47. The average molecular weight is 291 g/mol. The summed E-state index contributed by atoms with van der Waals surface area (Å²) in [4.78, 5) is 24.8. The number of benzene rings is 1. The molecule has 0 aliphatic carbocycles. The first-order valence-corrected chi connectivity index (χ1v) is 7.27. The SMILES string of the molecule is C[C@H](CCOc1ccccc1)C(=O)N1CC[C@H](C(=O)O)C1. The van der Waals surface area contributed by atoms with Gasteiger partial charge in [0.2, 0.25) is 5.91 Å². The number of aliphatic carboxylic acids is 1. The molecule has 0 unspecified atom stereocenters. The Hall–Kier alpha value is -2.04. The third-order valence-electron chi connectivity index (χ3n) is 3.83. The number of ether oxygens (including phenoxy) is 1. The second-order valence-electron chi connectivity index (χ2n) is 5.46. The molecule has 1 heterocycles. The highest BCUT2D eigenvalue weighted by molar-refractivity contribution is 5.80. The maximum atomic E-state index is 12.2. The first-order chi connectivity index (χ1) is 10.1. The first-order valence-electron chi connectivity index (χ1n) is 7.27.